The lowest BCUT2D eigenvalue weighted by Crippen LogP contribution is -2.37. The number of benzene rings is 1. The molecule has 0 aliphatic rings. The van der Waals surface area contributed by atoms with Gasteiger partial charge in [-0.05, 0) is 55.7 Å². The zero-order valence-electron chi connectivity index (χ0n) is 17.9. The lowest BCUT2D eigenvalue weighted by Gasteiger charge is -2.12. The lowest BCUT2D eigenvalue weighted by molar-refractivity contribution is -0.109. The normalized spacial score (nSPS) is 12.3. The molecule has 1 atom stereocenters. The number of hydrogen-bond acceptors (Lipinski definition) is 4. The lowest BCUT2D eigenvalue weighted by atomic mass is 10.0. The zero-order chi connectivity index (χ0) is 23.1. The van der Waals surface area contributed by atoms with Gasteiger partial charge < -0.3 is 9.78 Å². The van der Waals surface area contributed by atoms with Gasteiger partial charge in [0, 0.05) is 17.5 Å². The van der Waals surface area contributed by atoms with Crippen molar-refractivity contribution in [2.75, 3.05) is 0 Å². The third kappa shape index (κ3) is 5.95. The van der Waals surface area contributed by atoms with E-state index >= 15 is 0 Å². The average Bonchev–Trinajstić information content (AvgIpc) is 3.39. The number of aldehydes is 1. The van der Waals surface area contributed by atoms with E-state index in [0.29, 0.717) is 11.2 Å². The number of aromatic nitrogens is 1. The highest BCUT2D eigenvalue weighted by atomic mass is 32.2. The number of H-pyrrole nitrogens is 1. The maximum absolute atomic E-state index is 12.8. The molecule has 2 aromatic heterocycles. The second-order valence-electron chi connectivity index (χ2n) is 7.25. The molecule has 1 aromatic carbocycles. The van der Waals surface area contributed by atoms with Crippen LogP contribution < -0.4 is 4.72 Å². The Hall–Kier alpha value is -3.18. The molecule has 0 unspecified atom stereocenters. The SMILES string of the molecule is C=C/C=C\c1c(C[C@H](C=O)NS(=O)(=O)c2ccc(C#Cc3ccc(C)cc3)s2)c[nH]c1C. The number of thiophene rings is 1. The van der Waals surface area contributed by atoms with Gasteiger partial charge in [0.1, 0.15) is 10.5 Å². The van der Waals surface area contributed by atoms with Crippen LogP contribution in [-0.2, 0) is 21.2 Å². The molecule has 5 nitrogen and oxygen atoms in total. The number of rotatable bonds is 8. The molecular formula is C25H24N2O3S2. The van der Waals surface area contributed by atoms with Crippen LogP contribution >= 0.6 is 11.3 Å². The quantitative estimate of drug-likeness (QED) is 0.295. The van der Waals surface area contributed by atoms with Crippen molar-refractivity contribution in [3.63, 3.8) is 0 Å². The van der Waals surface area contributed by atoms with Crippen molar-refractivity contribution in [2.24, 2.45) is 0 Å². The van der Waals surface area contributed by atoms with Crippen LogP contribution in [0.1, 0.15) is 32.8 Å². The van der Waals surface area contributed by atoms with Gasteiger partial charge in [0.2, 0.25) is 0 Å². The van der Waals surface area contributed by atoms with Crippen LogP contribution in [0, 0.1) is 25.7 Å². The molecular weight excluding hydrogens is 440 g/mol. The fraction of sp³-hybridized carbons (Fsp3) is 0.160. The highest BCUT2D eigenvalue weighted by molar-refractivity contribution is 7.91. The molecule has 3 aromatic rings. The molecule has 2 N–H and O–H groups in total. The maximum Gasteiger partial charge on any atom is 0.250 e. The molecule has 0 fully saturated rings. The van der Waals surface area contributed by atoms with E-state index < -0.39 is 16.1 Å². The Morgan fingerprint density at radius 2 is 1.91 bits per heavy atom. The van der Waals surface area contributed by atoms with Crippen LogP contribution in [0.3, 0.4) is 0 Å². The molecule has 7 heteroatoms. The van der Waals surface area contributed by atoms with E-state index in [4.69, 9.17) is 0 Å². The predicted molar refractivity (Wildman–Crippen MR) is 130 cm³/mol. The number of nitrogens with one attached hydrogen (secondary N) is 2. The fourth-order valence-corrected chi connectivity index (χ4v) is 5.42. The Bertz CT molecular complexity index is 1300. The molecule has 0 radical (unpaired) electrons. The van der Waals surface area contributed by atoms with Crippen LogP contribution in [-0.4, -0.2) is 25.7 Å². The molecule has 0 saturated heterocycles. The molecule has 0 saturated carbocycles. The molecule has 0 bridgehead atoms. The standard InChI is InChI=1S/C25H24N2O3S2/c1-4-5-6-24-19(3)26-16-21(24)15-22(17-28)27-32(29,30)25-14-13-23(31-25)12-11-20-9-7-18(2)8-10-20/h4-10,13-14,16-17,22,26-27H,1,15H2,2-3H3/b6-5-/t22-/m1/s1. The first-order valence-corrected chi connectivity index (χ1v) is 12.2. The summed E-state index contributed by atoms with van der Waals surface area (Å²) in [5.74, 6) is 6.03. The highest BCUT2D eigenvalue weighted by Gasteiger charge is 2.23. The van der Waals surface area contributed by atoms with Gasteiger partial charge in [-0.3, -0.25) is 0 Å². The fourth-order valence-electron chi connectivity index (χ4n) is 3.07. The number of aryl methyl sites for hydroxylation is 2. The van der Waals surface area contributed by atoms with Crippen molar-refractivity contribution >= 4 is 33.7 Å². The summed E-state index contributed by atoms with van der Waals surface area (Å²) < 4.78 is 28.3. The summed E-state index contributed by atoms with van der Waals surface area (Å²) in [7, 11) is -3.86. The Labute approximate surface area is 193 Å². The van der Waals surface area contributed by atoms with Gasteiger partial charge in [0.25, 0.3) is 10.0 Å². The van der Waals surface area contributed by atoms with E-state index in [1.807, 2.05) is 44.2 Å². The summed E-state index contributed by atoms with van der Waals surface area (Å²) in [6.45, 7) is 7.58. The summed E-state index contributed by atoms with van der Waals surface area (Å²) in [5, 5.41) is 0. The molecule has 0 spiro atoms. The number of aromatic amines is 1. The van der Waals surface area contributed by atoms with Gasteiger partial charge in [0.15, 0.2) is 0 Å². The molecule has 164 valence electrons. The number of allylic oxidation sites excluding steroid dienone is 2. The number of carbonyl (C=O) groups excluding carboxylic acids is 1. The van der Waals surface area contributed by atoms with E-state index in [2.05, 4.69) is 28.1 Å². The third-order valence-corrected chi connectivity index (χ3v) is 7.73. The van der Waals surface area contributed by atoms with Crippen molar-refractivity contribution in [1.82, 2.24) is 9.71 Å². The summed E-state index contributed by atoms with van der Waals surface area (Å²) in [6, 6.07) is 10.1. The molecule has 0 aliphatic carbocycles. The molecule has 0 amide bonds. The first-order chi connectivity index (χ1) is 15.3. The number of carbonyl (C=O) groups is 1. The molecule has 32 heavy (non-hydrogen) atoms. The predicted octanol–water partition coefficient (Wildman–Crippen LogP) is 4.38. The Kier molecular flexibility index (Phi) is 7.65. The van der Waals surface area contributed by atoms with E-state index in [9.17, 15) is 13.2 Å². The Morgan fingerprint density at radius 3 is 2.59 bits per heavy atom. The minimum Gasteiger partial charge on any atom is -0.364 e. The van der Waals surface area contributed by atoms with Gasteiger partial charge in [-0.15, -0.1) is 11.3 Å². The first-order valence-electron chi connectivity index (χ1n) is 9.94. The summed E-state index contributed by atoms with van der Waals surface area (Å²) in [6.07, 6.45) is 7.97. The van der Waals surface area contributed by atoms with Gasteiger partial charge in [-0.1, -0.05) is 54.3 Å². The molecule has 0 aliphatic heterocycles. The molecule has 2 heterocycles. The Balaban J connectivity index is 1.74. The third-order valence-electron chi connectivity index (χ3n) is 4.75. The van der Waals surface area contributed by atoms with Crippen LogP contribution in [0.4, 0.5) is 0 Å². The van der Waals surface area contributed by atoms with Crippen molar-refractivity contribution in [3.8, 4) is 11.8 Å². The second-order valence-corrected chi connectivity index (χ2v) is 10.3. The summed E-state index contributed by atoms with van der Waals surface area (Å²) >= 11 is 1.07. The van der Waals surface area contributed by atoms with Gasteiger partial charge in [0.05, 0.1) is 10.9 Å². The zero-order valence-corrected chi connectivity index (χ0v) is 19.5. The average molecular weight is 465 g/mol. The summed E-state index contributed by atoms with van der Waals surface area (Å²) in [4.78, 5) is 15.4. The van der Waals surface area contributed by atoms with E-state index in [-0.39, 0.29) is 10.6 Å². The minimum atomic E-state index is -3.86. The second kappa shape index (κ2) is 10.4. The van der Waals surface area contributed by atoms with E-state index in [1.165, 1.54) is 6.07 Å². The minimum absolute atomic E-state index is 0.120. The maximum atomic E-state index is 12.8. The van der Waals surface area contributed by atoms with Crippen LogP contribution in [0.2, 0.25) is 0 Å². The number of hydrogen-bond donors (Lipinski definition) is 2. The largest absolute Gasteiger partial charge is 0.364 e. The Morgan fingerprint density at radius 1 is 1.16 bits per heavy atom. The van der Waals surface area contributed by atoms with Crippen molar-refractivity contribution in [2.45, 2.75) is 30.5 Å². The topological polar surface area (TPSA) is 79.0 Å². The first kappa shape index (κ1) is 23.5. The van der Waals surface area contributed by atoms with Crippen LogP contribution in [0.5, 0.6) is 0 Å². The van der Waals surface area contributed by atoms with E-state index in [1.54, 1.807) is 24.4 Å². The van der Waals surface area contributed by atoms with E-state index in [0.717, 1.165) is 39.3 Å². The van der Waals surface area contributed by atoms with Gasteiger partial charge in [-0.25, -0.2) is 8.42 Å². The van der Waals surface area contributed by atoms with Gasteiger partial charge >= 0.3 is 0 Å². The van der Waals surface area contributed by atoms with Gasteiger partial charge in [-0.2, -0.15) is 4.72 Å². The van der Waals surface area contributed by atoms with Crippen LogP contribution in [0.25, 0.3) is 6.08 Å². The molecule has 3 rings (SSSR count). The number of sulfonamides is 1. The van der Waals surface area contributed by atoms with Crippen LogP contribution in [0.15, 0.2) is 65.5 Å². The van der Waals surface area contributed by atoms with Crippen molar-refractivity contribution in [3.05, 3.63) is 94.2 Å². The monoisotopic (exact) mass is 464 g/mol. The smallest absolute Gasteiger partial charge is 0.250 e. The van der Waals surface area contributed by atoms with Crippen molar-refractivity contribution < 1.29 is 13.2 Å². The highest BCUT2D eigenvalue weighted by Crippen LogP contribution is 2.22. The summed E-state index contributed by atoms with van der Waals surface area (Å²) in [5.41, 5.74) is 4.70. The van der Waals surface area contributed by atoms with Crippen molar-refractivity contribution in [1.29, 1.82) is 0 Å².